The maximum absolute atomic E-state index is 12.4. The summed E-state index contributed by atoms with van der Waals surface area (Å²) >= 11 is 0. The summed E-state index contributed by atoms with van der Waals surface area (Å²) in [7, 11) is 0. The van der Waals surface area contributed by atoms with Crippen molar-refractivity contribution in [3.63, 3.8) is 0 Å². The predicted octanol–water partition coefficient (Wildman–Crippen LogP) is 4.46. The molecule has 94 valence electrons. The molecule has 0 radical (unpaired) electrons. The molecule has 0 heterocycles. The summed E-state index contributed by atoms with van der Waals surface area (Å²) in [5, 5.41) is 0. The Morgan fingerprint density at radius 3 is 1.59 bits per heavy atom. The second-order valence-electron chi connectivity index (χ2n) is 5.17. The highest BCUT2D eigenvalue weighted by Gasteiger charge is 2.21. The first-order chi connectivity index (χ1) is 7.82. The molecule has 1 unspecified atom stereocenters. The van der Waals surface area contributed by atoms with Gasteiger partial charge in [-0.05, 0) is 68.9 Å². The van der Waals surface area contributed by atoms with E-state index in [0.717, 1.165) is 23.1 Å². The molecule has 17 heavy (non-hydrogen) atoms. The van der Waals surface area contributed by atoms with E-state index in [1.165, 1.54) is 16.7 Å². The van der Waals surface area contributed by atoms with Crippen molar-refractivity contribution in [3.05, 3.63) is 33.4 Å². The monoisotopic (exact) mass is 232 g/mol. The molecule has 1 atom stereocenters. The van der Waals surface area contributed by atoms with Crippen LogP contribution in [0.4, 0.5) is 0 Å². The van der Waals surface area contributed by atoms with Crippen LogP contribution >= 0.6 is 0 Å². The van der Waals surface area contributed by atoms with Crippen LogP contribution in [0.15, 0.2) is 0 Å². The lowest BCUT2D eigenvalue weighted by Gasteiger charge is -2.19. The third-order valence-corrected chi connectivity index (χ3v) is 4.31. The van der Waals surface area contributed by atoms with E-state index >= 15 is 0 Å². The fourth-order valence-corrected chi connectivity index (χ4v) is 2.30. The Balaban J connectivity index is 3.50. The van der Waals surface area contributed by atoms with E-state index in [-0.39, 0.29) is 5.92 Å². The first kappa shape index (κ1) is 14.0. The highest BCUT2D eigenvalue weighted by Crippen LogP contribution is 2.28. The van der Waals surface area contributed by atoms with Gasteiger partial charge < -0.3 is 0 Å². The van der Waals surface area contributed by atoms with E-state index in [4.69, 9.17) is 0 Å². The summed E-state index contributed by atoms with van der Waals surface area (Å²) in [6, 6.07) is 0. The molecule has 1 rings (SSSR count). The van der Waals surface area contributed by atoms with Crippen molar-refractivity contribution in [2.45, 2.75) is 54.9 Å². The van der Waals surface area contributed by atoms with E-state index in [9.17, 15) is 4.79 Å². The summed E-state index contributed by atoms with van der Waals surface area (Å²) in [5.74, 6) is 0.419. The lowest BCUT2D eigenvalue weighted by atomic mass is 9.84. The molecule has 0 saturated carbocycles. The first-order valence-corrected chi connectivity index (χ1v) is 6.44. The number of hydrogen-bond donors (Lipinski definition) is 0. The van der Waals surface area contributed by atoms with Gasteiger partial charge in [-0.25, -0.2) is 0 Å². The normalized spacial score (nSPS) is 12.6. The maximum Gasteiger partial charge on any atom is 0.166 e. The average Bonchev–Trinajstić information content (AvgIpc) is 2.32. The van der Waals surface area contributed by atoms with Gasteiger partial charge in [0.15, 0.2) is 5.78 Å². The Labute approximate surface area is 105 Å². The zero-order valence-corrected chi connectivity index (χ0v) is 12.2. The molecule has 1 aromatic rings. The van der Waals surface area contributed by atoms with Crippen molar-refractivity contribution >= 4 is 5.78 Å². The minimum Gasteiger partial charge on any atom is -0.294 e. The first-order valence-electron chi connectivity index (χ1n) is 6.44. The van der Waals surface area contributed by atoms with Crippen LogP contribution in [0, 0.1) is 40.5 Å². The van der Waals surface area contributed by atoms with Gasteiger partial charge in [0, 0.05) is 11.5 Å². The van der Waals surface area contributed by atoms with Gasteiger partial charge in [-0.1, -0.05) is 13.8 Å². The molecular formula is C16H24O. The van der Waals surface area contributed by atoms with Crippen LogP contribution in [0.2, 0.25) is 0 Å². The Hall–Kier alpha value is -1.11. The van der Waals surface area contributed by atoms with E-state index in [0.29, 0.717) is 5.78 Å². The molecule has 0 spiro atoms. The summed E-state index contributed by atoms with van der Waals surface area (Å²) < 4.78 is 0. The van der Waals surface area contributed by atoms with Crippen LogP contribution in [0.5, 0.6) is 0 Å². The number of carbonyl (C=O) groups is 1. The van der Waals surface area contributed by atoms with E-state index in [1.807, 2.05) is 6.92 Å². The van der Waals surface area contributed by atoms with Gasteiger partial charge in [0.25, 0.3) is 0 Å². The molecule has 1 heteroatoms. The Bertz CT molecular complexity index is 426. The quantitative estimate of drug-likeness (QED) is 0.703. The van der Waals surface area contributed by atoms with Crippen LogP contribution in [0.3, 0.4) is 0 Å². The lowest BCUT2D eigenvalue weighted by molar-refractivity contribution is 0.0926. The van der Waals surface area contributed by atoms with Crippen LogP contribution in [0.1, 0.15) is 58.4 Å². The van der Waals surface area contributed by atoms with Gasteiger partial charge >= 0.3 is 0 Å². The number of benzene rings is 1. The van der Waals surface area contributed by atoms with Crippen LogP contribution in [0.25, 0.3) is 0 Å². The minimum atomic E-state index is 0.119. The number of rotatable bonds is 3. The molecule has 1 nitrogen and oxygen atoms in total. The van der Waals surface area contributed by atoms with E-state index in [1.54, 1.807) is 0 Å². The number of hydrogen-bond acceptors (Lipinski definition) is 1. The molecule has 0 aromatic heterocycles. The topological polar surface area (TPSA) is 17.1 Å². The summed E-state index contributed by atoms with van der Waals surface area (Å²) in [6.07, 6.45) is 0.906. The van der Waals surface area contributed by atoms with Crippen molar-refractivity contribution in [3.8, 4) is 0 Å². The molecule has 0 amide bonds. The molecule has 0 saturated heterocycles. The fraction of sp³-hybridized carbons (Fsp3) is 0.562. The molecule has 0 aliphatic rings. The van der Waals surface area contributed by atoms with Crippen molar-refractivity contribution in [1.82, 2.24) is 0 Å². The second-order valence-corrected chi connectivity index (χ2v) is 5.17. The van der Waals surface area contributed by atoms with E-state index < -0.39 is 0 Å². The number of Topliss-reactive ketones (excluding diaryl/α,β-unsaturated/α-hetero) is 1. The zero-order chi connectivity index (χ0) is 13.3. The molecular weight excluding hydrogens is 208 g/mol. The van der Waals surface area contributed by atoms with Crippen molar-refractivity contribution in [1.29, 1.82) is 0 Å². The van der Waals surface area contributed by atoms with Crippen molar-refractivity contribution in [2.75, 3.05) is 0 Å². The molecule has 0 aliphatic carbocycles. The lowest BCUT2D eigenvalue weighted by Crippen LogP contribution is -2.15. The standard InChI is InChI=1S/C16H24O/c1-8-9(2)16(17)15-13(6)11(4)10(3)12(5)14(15)7/h9H,8H2,1-7H3. The summed E-state index contributed by atoms with van der Waals surface area (Å²) in [5.41, 5.74) is 7.13. The van der Waals surface area contributed by atoms with Gasteiger partial charge in [-0.15, -0.1) is 0 Å². The highest BCUT2D eigenvalue weighted by molar-refractivity contribution is 6.01. The number of carbonyl (C=O) groups excluding carboxylic acids is 1. The molecule has 1 aromatic carbocycles. The van der Waals surface area contributed by atoms with Gasteiger partial charge in [0.1, 0.15) is 0 Å². The molecule has 0 aliphatic heterocycles. The van der Waals surface area contributed by atoms with Gasteiger partial charge in [-0.3, -0.25) is 4.79 Å². The predicted molar refractivity (Wildman–Crippen MR) is 73.9 cm³/mol. The Kier molecular flexibility index (Phi) is 4.13. The SMILES string of the molecule is CCC(C)C(=O)c1c(C)c(C)c(C)c(C)c1C. The Morgan fingerprint density at radius 1 is 0.882 bits per heavy atom. The smallest absolute Gasteiger partial charge is 0.166 e. The van der Waals surface area contributed by atoms with Crippen molar-refractivity contribution in [2.24, 2.45) is 5.92 Å². The fourth-order valence-electron chi connectivity index (χ4n) is 2.30. The third kappa shape index (κ3) is 2.29. The third-order valence-electron chi connectivity index (χ3n) is 4.31. The van der Waals surface area contributed by atoms with Crippen LogP contribution in [-0.4, -0.2) is 5.78 Å². The zero-order valence-electron chi connectivity index (χ0n) is 12.2. The van der Waals surface area contributed by atoms with Gasteiger partial charge in [-0.2, -0.15) is 0 Å². The molecule has 0 bridgehead atoms. The summed E-state index contributed by atoms with van der Waals surface area (Å²) in [4.78, 5) is 12.4. The molecule has 0 N–H and O–H groups in total. The van der Waals surface area contributed by atoms with Crippen molar-refractivity contribution < 1.29 is 4.79 Å². The highest BCUT2D eigenvalue weighted by atomic mass is 16.1. The van der Waals surface area contributed by atoms with Crippen LogP contribution in [-0.2, 0) is 0 Å². The maximum atomic E-state index is 12.4. The average molecular weight is 232 g/mol. The van der Waals surface area contributed by atoms with Crippen LogP contribution < -0.4 is 0 Å². The van der Waals surface area contributed by atoms with Gasteiger partial charge in [0.2, 0.25) is 0 Å². The molecule has 0 fully saturated rings. The van der Waals surface area contributed by atoms with E-state index in [2.05, 4.69) is 41.5 Å². The minimum absolute atomic E-state index is 0.119. The largest absolute Gasteiger partial charge is 0.294 e. The summed E-state index contributed by atoms with van der Waals surface area (Å²) in [6.45, 7) is 14.6. The number of ketones is 1. The second kappa shape index (κ2) is 5.03. The van der Waals surface area contributed by atoms with Gasteiger partial charge in [0.05, 0.1) is 0 Å². The Morgan fingerprint density at radius 2 is 1.24 bits per heavy atom.